The zero-order valence-electron chi connectivity index (χ0n) is 14.3. The van der Waals surface area contributed by atoms with Gasteiger partial charge in [-0.25, -0.2) is 0 Å². The van der Waals surface area contributed by atoms with Gasteiger partial charge in [0.05, 0.1) is 6.20 Å². The van der Waals surface area contributed by atoms with Gasteiger partial charge in [-0.05, 0) is 66.5 Å². The van der Waals surface area contributed by atoms with Gasteiger partial charge in [0.1, 0.15) is 0 Å². The molecule has 1 fully saturated rings. The van der Waals surface area contributed by atoms with Gasteiger partial charge < -0.3 is 10.2 Å². The molecule has 2 rings (SSSR count). The third-order valence-corrected chi connectivity index (χ3v) is 4.61. The molecule has 0 aliphatic heterocycles. The Morgan fingerprint density at radius 2 is 1.90 bits per heavy atom. The van der Waals surface area contributed by atoms with Crippen LogP contribution in [-0.2, 0) is 0 Å². The molecule has 1 N–H and O–H groups in total. The molecule has 1 aliphatic carbocycles. The van der Waals surface area contributed by atoms with Crippen molar-refractivity contribution in [2.24, 2.45) is 5.92 Å². The summed E-state index contributed by atoms with van der Waals surface area (Å²) in [5.41, 5.74) is 1.30. The zero-order chi connectivity index (χ0) is 15.4. The fraction of sp³-hybridized carbons (Fsp3) is 0.824. The van der Waals surface area contributed by atoms with Crippen molar-refractivity contribution in [1.29, 1.82) is 0 Å². The van der Waals surface area contributed by atoms with Crippen LogP contribution < -0.4 is 5.32 Å². The van der Waals surface area contributed by atoms with Crippen molar-refractivity contribution in [2.75, 3.05) is 20.6 Å². The summed E-state index contributed by atoms with van der Waals surface area (Å²) in [7, 11) is 4.36. The van der Waals surface area contributed by atoms with Gasteiger partial charge in [-0.1, -0.05) is 0 Å². The monoisotopic (exact) mass is 292 g/mol. The normalized spacial score (nSPS) is 24.7. The Bertz CT molecular complexity index is 416. The molecule has 1 heterocycles. The van der Waals surface area contributed by atoms with Crippen LogP contribution in [0.2, 0.25) is 0 Å². The molecule has 120 valence electrons. The van der Waals surface area contributed by atoms with Crippen molar-refractivity contribution in [3.05, 3.63) is 18.0 Å². The highest BCUT2D eigenvalue weighted by molar-refractivity contribution is 5.10. The number of hydrogen-bond donors (Lipinski definition) is 1. The summed E-state index contributed by atoms with van der Waals surface area (Å²) in [6.07, 6.45) is 9.51. The summed E-state index contributed by atoms with van der Waals surface area (Å²) >= 11 is 0. The molecule has 1 aromatic rings. The van der Waals surface area contributed by atoms with Crippen LogP contribution >= 0.6 is 0 Å². The topological polar surface area (TPSA) is 33.1 Å². The third kappa shape index (κ3) is 4.82. The van der Waals surface area contributed by atoms with Crippen LogP contribution in [0, 0.1) is 5.92 Å². The SMILES string of the molecule is CC(C)n1cc([C@H](C)NC2CCC(CN(C)C)CC2)cn1. The van der Waals surface area contributed by atoms with Gasteiger partial charge in [0.15, 0.2) is 0 Å². The lowest BCUT2D eigenvalue weighted by Gasteiger charge is -2.32. The molecular formula is C17H32N4. The van der Waals surface area contributed by atoms with E-state index in [1.165, 1.54) is 37.8 Å². The molecule has 1 saturated carbocycles. The molecule has 0 aromatic carbocycles. The lowest BCUT2D eigenvalue weighted by atomic mass is 9.85. The van der Waals surface area contributed by atoms with Gasteiger partial charge in [0, 0.05) is 36.4 Å². The molecule has 0 unspecified atom stereocenters. The summed E-state index contributed by atoms with van der Waals surface area (Å²) < 4.78 is 2.04. The fourth-order valence-corrected chi connectivity index (χ4v) is 3.34. The summed E-state index contributed by atoms with van der Waals surface area (Å²) in [6.45, 7) is 7.83. The quantitative estimate of drug-likeness (QED) is 0.874. The first-order valence-corrected chi connectivity index (χ1v) is 8.40. The third-order valence-electron chi connectivity index (χ3n) is 4.61. The summed E-state index contributed by atoms with van der Waals surface area (Å²) in [5.74, 6) is 0.886. The Kier molecular flexibility index (Phi) is 5.82. The van der Waals surface area contributed by atoms with E-state index in [-0.39, 0.29) is 0 Å². The predicted octanol–water partition coefficient (Wildman–Crippen LogP) is 3.24. The van der Waals surface area contributed by atoms with Crippen LogP contribution in [0.5, 0.6) is 0 Å². The predicted molar refractivity (Wildman–Crippen MR) is 88.5 cm³/mol. The lowest BCUT2D eigenvalue weighted by Crippen LogP contribution is -2.36. The first kappa shape index (κ1) is 16.5. The van der Waals surface area contributed by atoms with Crippen molar-refractivity contribution < 1.29 is 0 Å². The largest absolute Gasteiger partial charge is 0.309 e. The van der Waals surface area contributed by atoms with Crippen molar-refractivity contribution in [3.8, 4) is 0 Å². The maximum absolute atomic E-state index is 4.45. The van der Waals surface area contributed by atoms with E-state index >= 15 is 0 Å². The standard InChI is InChI=1S/C17H32N4/c1-13(2)21-12-16(10-18-21)14(3)19-17-8-6-15(7-9-17)11-20(4)5/h10,12-15,17,19H,6-9,11H2,1-5H3/t14-,15?,17?/m0/s1. The van der Waals surface area contributed by atoms with Crippen molar-refractivity contribution in [2.45, 2.75) is 64.6 Å². The van der Waals surface area contributed by atoms with Crippen molar-refractivity contribution >= 4 is 0 Å². The number of hydrogen-bond acceptors (Lipinski definition) is 3. The highest BCUT2D eigenvalue weighted by Gasteiger charge is 2.23. The van der Waals surface area contributed by atoms with E-state index < -0.39 is 0 Å². The first-order chi connectivity index (χ1) is 9.95. The molecular weight excluding hydrogens is 260 g/mol. The van der Waals surface area contributed by atoms with Crippen molar-refractivity contribution in [3.63, 3.8) is 0 Å². The summed E-state index contributed by atoms with van der Waals surface area (Å²) in [6, 6.07) is 1.50. The number of nitrogens with zero attached hydrogens (tertiary/aromatic N) is 3. The molecule has 1 atom stereocenters. The second-order valence-corrected chi connectivity index (χ2v) is 7.22. The van der Waals surface area contributed by atoms with Gasteiger partial charge >= 0.3 is 0 Å². The molecule has 0 radical (unpaired) electrons. The minimum atomic E-state index is 0.396. The van der Waals surface area contributed by atoms with Gasteiger partial charge in [0.2, 0.25) is 0 Å². The van der Waals surface area contributed by atoms with Gasteiger partial charge in [-0.2, -0.15) is 5.10 Å². The average Bonchev–Trinajstić information content (AvgIpc) is 2.90. The smallest absolute Gasteiger partial charge is 0.0537 e. The van der Waals surface area contributed by atoms with E-state index in [2.05, 4.69) is 56.4 Å². The molecule has 1 aromatic heterocycles. The van der Waals surface area contributed by atoms with E-state index in [9.17, 15) is 0 Å². The summed E-state index contributed by atoms with van der Waals surface area (Å²) in [4.78, 5) is 2.32. The highest BCUT2D eigenvalue weighted by Crippen LogP contribution is 2.26. The maximum Gasteiger partial charge on any atom is 0.0537 e. The molecule has 4 heteroatoms. The molecule has 0 bridgehead atoms. The molecule has 0 saturated heterocycles. The molecule has 0 spiro atoms. The Morgan fingerprint density at radius 1 is 1.24 bits per heavy atom. The highest BCUT2D eigenvalue weighted by atomic mass is 15.3. The maximum atomic E-state index is 4.45. The molecule has 21 heavy (non-hydrogen) atoms. The lowest BCUT2D eigenvalue weighted by molar-refractivity contribution is 0.228. The molecule has 1 aliphatic rings. The second kappa shape index (κ2) is 7.41. The minimum Gasteiger partial charge on any atom is -0.309 e. The Labute approximate surface area is 129 Å². The average molecular weight is 292 g/mol. The zero-order valence-corrected chi connectivity index (χ0v) is 14.3. The van der Waals surface area contributed by atoms with Crippen LogP contribution in [0.15, 0.2) is 12.4 Å². The summed E-state index contributed by atoms with van der Waals surface area (Å²) in [5, 5.41) is 8.24. The van der Waals surface area contributed by atoms with E-state index in [1.807, 2.05) is 10.9 Å². The Hall–Kier alpha value is -0.870. The van der Waals surface area contributed by atoms with Crippen LogP contribution in [0.25, 0.3) is 0 Å². The Balaban J connectivity index is 1.79. The van der Waals surface area contributed by atoms with Crippen LogP contribution in [0.1, 0.15) is 64.1 Å². The second-order valence-electron chi connectivity index (χ2n) is 7.22. The van der Waals surface area contributed by atoms with Gasteiger partial charge in [-0.3, -0.25) is 4.68 Å². The number of nitrogens with one attached hydrogen (secondary N) is 1. The molecule has 4 nitrogen and oxygen atoms in total. The van der Waals surface area contributed by atoms with E-state index in [1.54, 1.807) is 0 Å². The number of rotatable bonds is 6. The van der Waals surface area contributed by atoms with E-state index in [0.717, 1.165) is 5.92 Å². The van der Waals surface area contributed by atoms with Gasteiger partial charge in [0.25, 0.3) is 0 Å². The van der Waals surface area contributed by atoms with Crippen LogP contribution in [0.4, 0.5) is 0 Å². The fourth-order valence-electron chi connectivity index (χ4n) is 3.34. The first-order valence-electron chi connectivity index (χ1n) is 8.40. The van der Waals surface area contributed by atoms with Crippen LogP contribution in [0.3, 0.4) is 0 Å². The van der Waals surface area contributed by atoms with Crippen LogP contribution in [-0.4, -0.2) is 41.4 Å². The van der Waals surface area contributed by atoms with E-state index in [0.29, 0.717) is 18.1 Å². The Morgan fingerprint density at radius 3 is 2.43 bits per heavy atom. The minimum absolute atomic E-state index is 0.396. The van der Waals surface area contributed by atoms with Crippen molar-refractivity contribution in [1.82, 2.24) is 20.0 Å². The van der Waals surface area contributed by atoms with E-state index in [4.69, 9.17) is 0 Å². The van der Waals surface area contributed by atoms with Gasteiger partial charge in [-0.15, -0.1) is 0 Å². The molecule has 0 amide bonds. The number of aromatic nitrogens is 2.